The highest BCUT2D eigenvalue weighted by Crippen LogP contribution is 2.10. The molecule has 0 aliphatic heterocycles. The van der Waals surface area contributed by atoms with E-state index in [1.165, 1.54) is 4.57 Å². The second-order valence-corrected chi connectivity index (χ2v) is 5.23. The topological polar surface area (TPSA) is 81.4 Å². The molecule has 0 saturated carbocycles. The lowest BCUT2D eigenvalue weighted by Crippen LogP contribution is -2.30. The van der Waals surface area contributed by atoms with Crippen molar-refractivity contribution < 1.29 is 14.6 Å². The molecule has 1 aromatic rings. The summed E-state index contributed by atoms with van der Waals surface area (Å²) in [6, 6.07) is 0. The van der Waals surface area contributed by atoms with Gasteiger partial charge in [-0.25, -0.2) is 4.79 Å². The minimum absolute atomic E-state index is 0.127. The summed E-state index contributed by atoms with van der Waals surface area (Å²) in [5.74, 6) is -0.495. The van der Waals surface area contributed by atoms with Crippen molar-refractivity contribution in [2.45, 2.75) is 40.7 Å². The lowest BCUT2D eigenvalue weighted by Gasteiger charge is -2.15. The summed E-state index contributed by atoms with van der Waals surface area (Å²) in [6.07, 6.45) is -0.127. The molecule has 0 bridgehead atoms. The van der Waals surface area contributed by atoms with E-state index in [1.807, 2.05) is 0 Å². The van der Waals surface area contributed by atoms with Crippen LogP contribution in [0.4, 0.5) is 0 Å². The molecule has 112 valence electrons. The van der Waals surface area contributed by atoms with Crippen LogP contribution >= 0.6 is 0 Å². The van der Waals surface area contributed by atoms with E-state index < -0.39 is 5.97 Å². The highest BCUT2D eigenvalue weighted by molar-refractivity contribution is 5.70. The molecule has 0 radical (unpaired) electrons. The van der Waals surface area contributed by atoms with E-state index in [0.717, 1.165) is 0 Å². The molecule has 0 saturated heterocycles. The Kier molecular flexibility index (Phi) is 5.88. The SMILES string of the molecule is Cc1nc(=O)n(CCOCC(C)C)c(C)c1CC(=O)O. The molecule has 6 nitrogen and oxygen atoms in total. The third-order valence-corrected chi connectivity index (χ3v) is 3.01. The number of carboxylic acid groups (broad SMARTS) is 1. The summed E-state index contributed by atoms with van der Waals surface area (Å²) in [6.45, 7) is 8.94. The first-order chi connectivity index (χ1) is 9.32. The number of carboxylic acids is 1. The van der Waals surface area contributed by atoms with E-state index in [1.54, 1.807) is 13.8 Å². The minimum Gasteiger partial charge on any atom is -0.481 e. The zero-order valence-electron chi connectivity index (χ0n) is 12.5. The summed E-state index contributed by atoms with van der Waals surface area (Å²) < 4.78 is 6.93. The number of hydrogen-bond acceptors (Lipinski definition) is 4. The second-order valence-electron chi connectivity index (χ2n) is 5.23. The van der Waals surface area contributed by atoms with Crippen LogP contribution in [0, 0.1) is 19.8 Å². The maximum atomic E-state index is 11.9. The normalized spacial score (nSPS) is 11.1. The van der Waals surface area contributed by atoms with Crippen molar-refractivity contribution in [3.05, 3.63) is 27.4 Å². The largest absolute Gasteiger partial charge is 0.481 e. The van der Waals surface area contributed by atoms with Crippen LogP contribution in [0.1, 0.15) is 30.8 Å². The van der Waals surface area contributed by atoms with E-state index in [2.05, 4.69) is 18.8 Å². The summed E-state index contributed by atoms with van der Waals surface area (Å²) in [5.41, 5.74) is 1.37. The molecule has 1 rings (SSSR count). The van der Waals surface area contributed by atoms with E-state index in [0.29, 0.717) is 42.6 Å². The molecular formula is C14H22N2O4. The first-order valence-electron chi connectivity index (χ1n) is 6.69. The highest BCUT2D eigenvalue weighted by atomic mass is 16.5. The molecule has 20 heavy (non-hydrogen) atoms. The molecule has 0 aliphatic carbocycles. The number of aromatic nitrogens is 2. The molecule has 0 aliphatic rings. The Morgan fingerprint density at radius 1 is 1.40 bits per heavy atom. The molecule has 1 N–H and O–H groups in total. The first kappa shape index (κ1) is 16.4. The van der Waals surface area contributed by atoms with Gasteiger partial charge in [0.15, 0.2) is 0 Å². The molecule has 1 heterocycles. The lowest BCUT2D eigenvalue weighted by atomic mass is 10.1. The van der Waals surface area contributed by atoms with E-state index in [-0.39, 0.29) is 12.1 Å². The number of aliphatic carboxylic acids is 1. The summed E-state index contributed by atoms with van der Waals surface area (Å²) in [7, 11) is 0. The van der Waals surface area contributed by atoms with Crippen molar-refractivity contribution in [3.8, 4) is 0 Å². The minimum atomic E-state index is -0.931. The number of carbonyl (C=O) groups is 1. The van der Waals surface area contributed by atoms with E-state index in [4.69, 9.17) is 9.84 Å². The van der Waals surface area contributed by atoms with Gasteiger partial charge in [-0.05, 0) is 19.8 Å². The molecule has 0 aromatic carbocycles. The van der Waals surface area contributed by atoms with Gasteiger partial charge < -0.3 is 9.84 Å². The van der Waals surface area contributed by atoms with Gasteiger partial charge in [-0.15, -0.1) is 0 Å². The van der Waals surface area contributed by atoms with Crippen molar-refractivity contribution >= 4 is 5.97 Å². The molecule has 1 aromatic heterocycles. The Bertz CT molecular complexity index is 535. The van der Waals surface area contributed by atoms with Gasteiger partial charge in [-0.1, -0.05) is 13.8 Å². The van der Waals surface area contributed by atoms with Gasteiger partial charge in [0.05, 0.1) is 19.6 Å². The van der Waals surface area contributed by atoms with Crippen molar-refractivity contribution in [2.24, 2.45) is 5.92 Å². The Hall–Kier alpha value is -1.69. The van der Waals surface area contributed by atoms with Crippen LogP contribution in [0.25, 0.3) is 0 Å². The van der Waals surface area contributed by atoms with Gasteiger partial charge in [0, 0.05) is 23.6 Å². The lowest BCUT2D eigenvalue weighted by molar-refractivity contribution is -0.136. The molecule has 0 spiro atoms. The van der Waals surface area contributed by atoms with Crippen molar-refractivity contribution in [2.75, 3.05) is 13.2 Å². The zero-order valence-corrected chi connectivity index (χ0v) is 12.5. The van der Waals surface area contributed by atoms with Gasteiger partial charge in [-0.3, -0.25) is 9.36 Å². The fourth-order valence-corrected chi connectivity index (χ4v) is 1.98. The Morgan fingerprint density at radius 3 is 2.60 bits per heavy atom. The quantitative estimate of drug-likeness (QED) is 0.759. The first-order valence-corrected chi connectivity index (χ1v) is 6.69. The molecule has 0 unspecified atom stereocenters. The van der Waals surface area contributed by atoms with Crippen molar-refractivity contribution in [1.29, 1.82) is 0 Å². The summed E-state index contributed by atoms with van der Waals surface area (Å²) in [5, 5.41) is 8.91. The number of nitrogens with zero attached hydrogens (tertiary/aromatic N) is 2. The van der Waals surface area contributed by atoms with Gasteiger partial charge in [-0.2, -0.15) is 4.98 Å². The van der Waals surface area contributed by atoms with Crippen LogP contribution in [0.2, 0.25) is 0 Å². The van der Waals surface area contributed by atoms with Crippen LogP contribution in [0.15, 0.2) is 4.79 Å². The number of rotatable bonds is 7. The second kappa shape index (κ2) is 7.19. The summed E-state index contributed by atoms with van der Waals surface area (Å²) >= 11 is 0. The predicted octanol–water partition coefficient (Wildman–Crippen LogP) is 1.16. The van der Waals surface area contributed by atoms with Gasteiger partial charge in [0.2, 0.25) is 0 Å². The van der Waals surface area contributed by atoms with Gasteiger partial charge in [0.1, 0.15) is 0 Å². The standard InChI is InChI=1S/C14H22N2O4/c1-9(2)8-20-6-5-16-11(4)12(7-13(17)18)10(3)15-14(16)19/h9H,5-8H2,1-4H3,(H,17,18). The maximum Gasteiger partial charge on any atom is 0.348 e. The fraction of sp³-hybridized carbons (Fsp3) is 0.643. The third kappa shape index (κ3) is 4.45. The summed E-state index contributed by atoms with van der Waals surface area (Å²) in [4.78, 5) is 26.6. The van der Waals surface area contributed by atoms with Crippen LogP contribution in [0.5, 0.6) is 0 Å². The Morgan fingerprint density at radius 2 is 2.05 bits per heavy atom. The third-order valence-electron chi connectivity index (χ3n) is 3.01. The van der Waals surface area contributed by atoms with Crippen LogP contribution in [0.3, 0.4) is 0 Å². The van der Waals surface area contributed by atoms with Crippen LogP contribution in [-0.4, -0.2) is 33.8 Å². The molecule has 0 amide bonds. The maximum absolute atomic E-state index is 11.9. The Labute approximate surface area is 118 Å². The smallest absolute Gasteiger partial charge is 0.348 e. The van der Waals surface area contributed by atoms with Gasteiger partial charge in [0.25, 0.3) is 0 Å². The van der Waals surface area contributed by atoms with E-state index >= 15 is 0 Å². The monoisotopic (exact) mass is 282 g/mol. The van der Waals surface area contributed by atoms with E-state index in [9.17, 15) is 9.59 Å². The number of hydrogen-bond donors (Lipinski definition) is 1. The molecule has 0 fully saturated rings. The average molecular weight is 282 g/mol. The fourth-order valence-electron chi connectivity index (χ4n) is 1.98. The molecular weight excluding hydrogens is 260 g/mol. The molecule has 6 heteroatoms. The number of ether oxygens (including phenoxy) is 1. The van der Waals surface area contributed by atoms with Gasteiger partial charge >= 0.3 is 11.7 Å². The van der Waals surface area contributed by atoms with Crippen LogP contribution in [-0.2, 0) is 22.5 Å². The molecule has 0 atom stereocenters. The average Bonchev–Trinajstić information content (AvgIpc) is 2.32. The van der Waals surface area contributed by atoms with Crippen LogP contribution < -0.4 is 5.69 Å². The highest BCUT2D eigenvalue weighted by Gasteiger charge is 2.14. The Balaban J connectivity index is 2.90. The van der Waals surface area contributed by atoms with Crippen molar-refractivity contribution in [1.82, 2.24) is 9.55 Å². The predicted molar refractivity (Wildman–Crippen MR) is 75.0 cm³/mol. The zero-order chi connectivity index (χ0) is 15.3. The van der Waals surface area contributed by atoms with Crippen molar-refractivity contribution in [3.63, 3.8) is 0 Å². The number of aryl methyl sites for hydroxylation is 1.